The predicted octanol–water partition coefficient (Wildman–Crippen LogP) is 11.9. The molecule has 0 N–H and O–H groups in total. The molecule has 0 atom stereocenters. The molecule has 3 heterocycles. The fourth-order valence-corrected chi connectivity index (χ4v) is 6.83. The number of nitrogens with zero attached hydrogens (tertiary/aromatic N) is 2. The van der Waals surface area contributed by atoms with Gasteiger partial charge >= 0.3 is 0 Å². The molecule has 6 aromatic carbocycles. The number of pyridine rings is 2. The van der Waals surface area contributed by atoms with Gasteiger partial charge in [0.05, 0.1) is 0 Å². The monoisotopic (exact) mass is 656 g/mol. The minimum absolute atomic E-state index is 0.126. The van der Waals surface area contributed by atoms with Crippen LogP contribution < -0.4 is 9.47 Å². The third-order valence-corrected chi connectivity index (χ3v) is 9.42. The molecular weight excluding hydrogens is 625 g/mol. The minimum atomic E-state index is 0.126. The lowest BCUT2D eigenvalue weighted by atomic mass is 9.91. The summed E-state index contributed by atoms with van der Waals surface area (Å²) in [5.41, 5.74) is 15.3. The molecule has 0 saturated carbocycles. The summed E-state index contributed by atoms with van der Waals surface area (Å²) in [6.45, 7) is 0.126. The molecule has 0 saturated heterocycles. The number of hydrogen-bond acceptors (Lipinski definition) is 4. The topological polar surface area (TPSA) is 44.2 Å². The fraction of sp³-hybridized carbons (Fsp3) is 0.0213. The van der Waals surface area contributed by atoms with Crippen molar-refractivity contribution in [2.24, 2.45) is 0 Å². The van der Waals surface area contributed by atoms with Crippen molar-refractivity contribution in [2.75, 3.05) is 6.79 Å². The van der Waals surface area contributed by atoms with Crippen LogP contribution in [0.4, 0.5) is 0 Å². The van der Waals surface area contributed by atoms with Gasteiger partial charge in [0, 0.05) is 47.0 Å². The standard InChI is InChI=1S/C47H32N2O2/c1-3-9-32(10-4-1)38-21-39(33-11-5-2-6-12-33)23-40(22-38)34-16-18-46-45(27-34)44-17-15-35(28-47(44)51-31-50-46)41-24-42(36-13-7-19-48-29-36)26-43(25-41)37-14-8-20-49-30-37/h1-30H,31H2. The van der Waals surface area contributed by atoms with Crippen molar-refractivity contribution in [3.8, 4) is 89.4 Å². The third-order valence-electron chi connectivity index (χ3n) is 9.42. The Morgan fingerprint density at radius 3 is 1.29 bits per heavy atom. The van der Waals surface area contributed by atoms with Crippen LogP contribution in [0.5, 0.6) is 11.5 Å². The molecule has 0 aliphatic carbocycles. The van der Waals surface area contributed by atoms with E-state index in [4.69, 9.17) is 9.47 Å². The highest BCUT2D eigenvalue weighted by Crippen LogP contribution is 2.44. The Kier molecular flexibility index (Phi) is 7.88. The summed E-state index contributed by atoms with van der Waals surface area (Å²) in [4.78, 5) is 8.76. The molecule has 0 bridgehead atoms. The summed E-state index contributed by atoms with van der Waals surface area (Å²) in [7, 11) is 0. The molecule has 0 amide bonds. The summed E-state index contributed by atoms with van der Waals surface area (Å²) in [6.07, 6.45) is 7.40. The van der Waals surface area contributed by atoms with E-state index in [9.17, 15) is 0 Å². The first-order valence-corrected chi connectivity index (χ1v) is 17.0. The van der Waals surface area contributed by atoms with Crippen LogP contribution in [0.3, 0.4) is 0 Å². The van der Waals surface area contributed by atoms with Crippen molar-refractivity contribution < 1.29 is 9.47 Å². The summed E-state index contributed by atoms with van der Waals surface area (Å²) in [5.74, 6) is 1.58. The minimum Gasteiger partial charge on any atom is -0.457 e. The quantitative estimate of drug-likeness (QED) is 0.179. The summed E-state index contributed by atoms with van der Waals surface area (Å²) >= 11 is 0. The van der Waals surface area contributed by atoms with E-state index < -0.39 is 0 Å². The zero-order valence-corrected chi connectivity index (χ0v) is 27.7. The molecule has 1 aliphatic rings. The molecule has 4 heteroatoms. The summed E-state index contributed by atoms with van der Waals surface area (Å²) < 4.78 is 12.5. The predicted molar refractivity (Wildman–Crippen MR) is 206 cm³/mol. The van der Waals surface area contributed by atoms with E-state index in [1.165, 1.54) is 22.3 Å². The fourth-order valence-electron chi connectivity index (χ4n) is 6.83. The van der Waals surface area contributed by atoms with Crippen LogP contribution in [-0.4, -0.2) is 16.8 Å². The van der Waals surface area contributed by atoms with Gasteiger partial charge in [-0.25, -0.2) is 0 Å². The van der Waals surface area contributed by atoms with E-state index in [0.29, 0.717) is 0 Å². The second-order valence-electron chi connectivity index (χ2n) is 12.6. The zero-order chi connectivity index (χ0) is 34.0. The van der Waals surface area contributed by atoms with Crippen molar-refractivity contribution in [1.29, 1.82) is 0 Å². The van der Waals surface area contributed by atoms with Crippen LogP contribution in [0, 0.1) is 0 Å². The zero-order valence-electron chi connectivity index (χ0n) is 27.7. The summed E-state index contributed by atoms with van der Waals surface area (Å²) in [6, 6.07) is 55.5. The number of aromatic nitrogens is 2. The van der Waals surface area contributed by atoms with E-state index in [1.807, 2.05) is 24.5 Å². The first-order valence-electron chi connectivity index (χ1n) is 17.0. The number of benzene rings is 6. The molecule has 4 nitrogen and oxygen atoms in total. The normalized spacial score (nSPS) is 11.8. The van der Waals surface area contributed by atoms with Gasteiger partial charge in [0.25, 0.3) is 0 Å². The van der Waals surface area contributed by atoms with Crippen molar-refractivity contribution in [2.45, 2.75) is 0 Å². The summed E-state index contributed by atoms with van der Waals surface area (Å²) in [5, 5.41) is 0. The highest BCUT2D eigenvalue weighted by Gasteiger charge is 2.20. The second kappa shape index (κ2) is 13.3. The molecule has 0 spiro atoms. The second-order valence-corrected chi connectivity index (χ2v) is 12.6. The largest absolute Gasteiger partial charge is 0.457 e. The lowest BCUT2D eigenvalue weighted by Crippen LogP contribution is -2.03. The Morgan fingerprint density at radius 1 is 0.314 bits per heavy atom. The molecule has 0 fully saturated rings. The van der Waals surface area contributed by atoms with Gasteiger partial charge in [-0.05, 0) is 128 Å². The van der Waals surface area contributed by atoms with Gasteiger partial charge in [-0.15, -0.1) is 0 Å². The van der Waals surface area contributed by atoms with Crippen LogP contribution >= 0.6 is 0 Å². The SMILES string of the molecule is c1ccc(-c2cc(-c3ccccc3)cc(-c3ccc4c(c3)-c3ccc(-c5cc(-c6cccnc6)cc(-c6cccnc6)c5)cc3OCO4)c2)cc1. The van der Waals surface area contributed by atoms with Crippen LogP contribution in [0.2, 0.25) is 0 Å². The van der Waals surface area contributed by atoms with Gasteiger partial charge in [-0.1, -0.05) is 84.9 Å². The highest BCUT2D eigenvalue weighted by molar-refractivity contribution is 5.88. The van der Waals surface area contributed by atoms with Gasteiger partial charge in [0.2, 0.25) is 6.79 Å². The Morgan fingerprint density at radius 2 is 0.765 bits per heavy atom. The molecule has 242 valence electrons. The average Bonchev–Trinajstić information content (AvgIpc) is 3.40. The van der Waals surface area contributed by atoms with Crippen LogP contribution in [0.15, 0.2) is 183 Å². The van der Waals surface area contributed by atoms with E-state index >= 15 is 0 Å². The Bertz CT molecular complexity index is 2370. The van der Waals surface area contributed by atoms with Crippen molar-refractivity contribution in [3.05, 3.63) is 183 Å². The lowest BCUT2D eigenvalue weighted by molar-refractivity contribution is 0.125. The van der Waals surface area contributed by atoms with Gasteiger partial charge < -0.3 is 9.47 Å². The molecule has 1 aliphatic heterocycles. The molecule has 2 aromatic heterocycles. The Labute approximate surface area is 297 Å². The maximum Gasteiger partial charge on any atom is 0.230 e. The first-order chi connectivity index (χ1) is 25.2. The number of hydrogen-bond donors (Lipinski definition) is 0. The number of ether oxygens (including phenoxy) is 2. The number of rotatable bonds is 6. The first kappa shape index (κ1) is 30.3. The Hall–Kier alpha value is -6.78. The Balaban J connectivity index is 1.14. The van der Waals surface area contributed by atoms with Gasteiger partial charge in [0.15, 0.2) is 0 Å². The van der Waals surface area contributed by atoms with E-state index in [0.717, 1.165) is 67.1 Å². The van der Waals surface area contributed by atoms with E-state index in [1.54, 1.807) is 12.4 Å². The van der Waals surface area contributed by atoms with E-state index in [-0.39, 0.29) is 6.79 Å². The van der Waals surface area contributed by atoms with Gasteiger partial charge in [-0.3, -0.25) is 9.97 Å². The van der Waals surface area contributed by atoms with Gasteiger partial charge in [0.1, 0.15) is 11.5 Å². The van der Waals surface area contributed by atoms with E-state index in [2.05, 4.69) is 156 Å². The van der Waals surface area contributed by atoms with Crippen LogP contribution in [0.1, 0.15) is 0 Å². The van der Waals surface area contributed by atoms with Crippen LogP contribution in [0.25, 0.3) is 77.9 Å². The molecule has 0 radical (unpaired) electrons. The molecule has 9 rings (SSSR count). The van der Waals surface area contributed by atoms with Crippen molar-refractivity contribution in [3.63, 3.8) is 0 Å². The maximum atomic E-state index is 6.28. The smallest absolute Gasteiger partial charge is 0.230 e. The third kappa shape index (κ3) is 6.16. The average molecular weight is 657 g/mol. The van der Waals surface area contributed by atoms with Crippen molar-refractivity contribution in [1.82, 2.24) is 9.97 Å². The highest BCUT2D eigenvalue weighted by atomic mass is 16.7. The molecule has 51 heavy (non-hydrogen) atoms. The lowest BCUT2D eigenvalue weighted by Gasteiger charge is -2.14. The van der Waals surface area contributed by atoms with Gasteiger partial charge in [-0.2, -0.15) is 0 Å². The van der Waals surface area contributed by atoms with Crippen molar-refractivity contribution >= 4 is 0 Å². The molecule has 0 unspecified atom stereocenters. The van der Waals surface area contributed by atoms with Crippen LogP contribution in [-0.2, 0) is 0 Å². The maximum absolute atomic E-state index is 6.28. The number of fused-ring (bicyclic) bond motifs is 3. The molecule has 8 aromatic rings. The molecular formula is C47H32N2O2.